The van der Waals surface area contributed by atoms with E-state index in [-0.39, 0.29) is 4.21 Å². The van der Waals surface area contributed by atoms with Gasteiger partial charge in [0.05, 0.1) is 19.8 Å². The summed E-state index contributed by atoms with van der Waals surface area (Å²) in [6.45, 7) is 0. The number of thiophene rings is 1. The van der Waals surface area contributed by atoms with Crippen molar-refractivity contribution in [1.82, 2.24) is 0 Å². The molecule has 2 heterocycles. The Labute approximate surface area is 196 Å². The van der Waals surface area contributed by atoms with Crippen LogP contribution in [0.1, 0.15) is 17.2 Å². The third kappa shape index (κ3) is 3.76. The molecule has 1 aromatic heterocycles. The number of sulfonamides is 1. The average molecular weight is 480 g/mol. The predicted molar refractivity (Wildman–Crippen MR) is 129 cm³/mol. The molecule has 2 N–H and O–H groups in total. The van der Waals surface area contributed by atoms with Crippen molar-refractivity contribution >= 4 is 21.4 Å². The molecule has 5 rings (SSSR count). The van der Waals surface area contributed by atoms with Crippen molar-refractivity contribution in [2.75, 3.05) is 14.2 Å². The van der Waals surface area contributed by atoms with Gasteiger partial charge in [0.25, 0.3) is 0 Å². The molecule has 0 fully saturated rings. The van der Waals surface area contributed by atoms with E-state index in [1.165, 1.54) is 0 Å². The van der Waals surface area contributed by atoms with Crippen molar-refractivity contribution in [3.05, 3.63) is 83.2 Å². The summed E-state index contributed by atoms with van der Waals surface area (Å²) in [4.78, 5) is 0. The van der Waals surface area contributed by atoms with Crippen LogP contribution in [0, 0.1) is 0 Å². The Morgan fingerprint density at radius 1 is 0.939 bits per heavy atom. The zero-order chi connectivity index (χ0) is 23.2. The Hall–Kier alpha value is -3.33. The lowest BCUT2D eigenvalue weighted by atomic mass is 9.87. The third-order valence-electron chi connectivity index (χ3n) is 5.65. The van der Waals surface area contributed by atoms with E-state index in [1.54, 1.807) is 25.7 Å². The quantitative estimate of drug-likeness (QED) is 0.424. The zero-order valence-corrected chi connectivity index (χ0v) is 19.6. The largest absolute Gasteiger partial charge is 0.497 e. The fraction of sp³-hybridized carbons (Fsp3) is 0.120. The van der Waals surface area contributed by atoms with Crippen molar-refractivity contribution in [3.63, 3.8) is 0 Å². The monoisotopic (exact) mass is 479 g/mol. The van der Waals surface area contributed by atoms with Crippen molar-refractivity contribution in [2.24, 2.45) is 5.14 Å². The van der Waals surface area contributed by atoms with Crippen molar-refractivity contribution < 1.29 is 22.6 Å². The van der Waals surface area contributed by atoms with Gasteiger partial charge in [0, 0.05) is 16.7 Å². The van der Waals surface area contributed by atoms with Gasteiger partial charge in [-0.05, 0) is 52.9 Å². The summed E-state index contributed by atoms with van der Waals surface area (Å²) in [6, 6.07) is 21.0. The lowest BCUT2D eigenvalue weighted by Crippen LogP contribution is -2.16. The van der Waals surface area contributed by atoms with E-state index in [0.29, 0.717) is 17.1 Å². The molecule has 33 heavy (non-hydrogen) atoms. The molecule has 0 saturated heterocycles. The Balaban J connectivity index is 1.75. The molecule has 3 aromatic carbocycles. The standard InChI is InChI=1S/C25H21NO5S2/c1-29-17-6-3-5-16(13-17)24-20-14-15(18-11-12-32-25(18)33(26,27)28)9-10-19(20)23-21(30-2)7-4-8-22(23)31-24/h3-14,24H,1-2H3,(H2,26,27,28). The average Bonchev–Trinajstić information content (AvgIpc) is 3.33. The molecule has 0 aliphatic carbocycles. The van der Waals surface area contributed by atoms with Crippen LogP contribution in [0.5, 0.6) is 17.2 Å². The molecule has 0 spiro atoms. The van der Waals surface area contributed by atoms with Gasteiger partial charge in [-0.15, -0.1) is 11.3 Å². The Morgan fingerprint density at radius 2 is 1.76 bits per heavy atom. The summed E-state index contributed by atoms with van der Waals surface area (Å²) < 4.78 is 41.9. The summed E-state index contributed by atoms with van der Waals surface area (Å²) in [6.07, 6.45) is -0.425. The second-order valence-corrected chi connectivity index (χ2v) is 10.2. The van der Waals surface area contributed by atoms with E-state index < -0.39 is 16.1 Å². The van der Waals surface area contributed by atoms with E-state index in [2.05, 4.69) is 0 Å². The maximum Gasteiger partial charge on any atom is 0.248 e. The summed E-state index contributed by atoms with van der Waals surface area (Å²) in [5.41, 5.74) is 4.94. The van der Waals surface area contributed by atoms with Crippen LogP contribution < -0.4 is 19.3 Å². The third-order valence-corrected chi connectivity index (χ3v) is 8.08. The van der Waals surface area contributed by atoms with Crippen LogP contribution in [-0.2, 0) is 10.0 Å². The minimum atomic E-state index is -3.84. The van der Waals surface area contributed by atoms with Crippen LogP contribution in [0.25, 0.3) is 22.3 Å². The first kappa shape index (κ1) is 21.5. The van der Waals surface area contributed by atoms with Gasteiger partial charge < -0.3 is 14.2 Å². The Bertz CT molecular complexity index is 1460. The maximum absolute atomic E-state index is 12.1. The number of nitrogens with two attached hydrogens (primary N) is 1. The van der Waals surface area contributed by atoms with E-state index >= 15 is 0 Å². The van der Waals surface area contributed by atoms with Gasteiger partial charge in [-0.1, -0.05) is 30.3 Å². The molecule has 0 amide bonds. The second kappa shape index (κ2) is 8.22. The predicted octanol–water partition coefficient (Wildman–Crippen LogP) is 5.23. The zero-order valence-electron chi connectivity index (χ0n) is 17.9. The van der Waals surface area contributed by atoms with E-state index in [9.17, 15) is 8.42 Å². The van der Waals surface area contributed by atoms with Gasteiger partial charge in [-0.25, -0.2) is 13.6 Å². The number of hydrogen-bond donors (Lipinski definition) is 1. The Kier molecular flexibility index (Phi) is 5.36. The van der Waals surface area contributed by atoms with E-state index in [0.717, 1.165) is 44.9 Å². The minimum Gasteiger partial charge on any atom is -0.497 e. The topological polar surface area (TPSA) is 87.8 Å². The summed E-state index contributed by atoms with van der Waals surface area (Å²) in [7, 11) is -0.593. The first-order chi connectivity index (χ1) is 15.9. The highest BCUT2D eigenvalue weighted by Crippen LogP contribution is 2.50. The van der Waals surface area contributed by atoms with Gasteiger partial charge in [0.1, 0.15) is 27.6 Å². The molecule has 6 nitrogen and oxygen atoms in total. The normalized spacial score (nSPS) is 14.7. The summed E-state index contributed by atoms with van der Waals surface area (Å²) in [5.74, 6) is 2.13. The SMILES string of the molecule is COc1cccc(C2Oc3cccc(OC)c3-c3ccc(-c4ccsc4S(N)(=O)=O)cc32)c1. The number of primary sulfonamides is 1. The van der Waals surface area contributed by atoms with Crippen LogP contribution in [0.4, 0.5) is 0 Å². The summed E-state index contributed by atoms with van der Waals surface area (Å²) in [5, 5.41) is 7.18. The maximum atomic E-state index is 12.1. The molecule has 168 valence electrons. The van der Waals surface area contributed by atoms with Gasteiger partial charge in [-0.2, -0.15) is 0 Å². The lowest BCUT2D eigenvalue weighted by molar-refractivity contribution is 0.241. The van der Waals surface area contributed by atoms with Crippen LogP contribution in [0.3, 0.4) is 0 Å². The fourth-order valence-corrected chi connectivity index (χ4v) is 6.03. The highest BCUT2D eigenvalue weighted by Gasteiger charge is 2.31. The number of benzene rings is 3. The lowest BCUT2D eigenvalue weighted by Gasteiger charge is -2.30. The molecule has 1 aliphatic heterocycles. The molecule has 1 unspecified atom stereocenters. The Morgan fingerprint density at radius 3 is 2.52 bits per heavy atom. The fourth-order valence-electron chi connectivity index (χ4n) is 4.19. The van der Waals surface area contributed by atoms with E-state index in [4.69, 9.17) is 19.3 Å². The van der Waals surface area contributed by atoms with Crippen LogP contribution in [-0.4, -0.2) is 22.6 Å². The summed E-state index contributed by atoms with van der Waals surface area (Å²) >= 11 is 1.10. The van der Waals surface area contributed by atoms with Crippen LogP contribution in [0.2, 0.25) is 0 Å². The number of hydrogen-bond acceptors (Lipinski definition) is 6. The van der Waals surface area contributed by atoms with Gasteiger partial charge >= 0.3 is 0 Å². The van der Waals surface area contributed by atoms with Gasteiger partial charge in [0.2, 0.25) is 10.0 Å². The first-order valence-electron chi connectivity index (χ1n) is 10.1. The molecule has 0 saturated carbocycles. The van der Waals surface area contributed by atoms with Crippen molar-refractivity contribution in [1.29, 1.82) is 0 Å². The van der Waals surface area contributed by atoms with Gasteiger partial charge in [-0.3, -0.25) is 0 Å². The molecule has 1 aliphatic rings. The number of rotatable bonds is 5. The van der Waals surface area contributed by atoms with Crippen molar-refractivity contribution in [2.45, 2.75) is 10.3 Å². The second-order valence-electron chi connectivity index (χ2n) is 7.58. The smallest absolute Gasteiger partial charge is 0.248 e. The molecular formula is C25H21NO5S2. The van der Waals surface area contributed by atoms with Crippen LogP contribution >= 0.6 is 11.3 Å². The minimum absolute atomic E-state index is 0.134. The molecule has 0 bridgehead atoms. The molecule has 4 aromatic rings. The number of methoxy groups -OCH3 is 2. The molecule has 0 radical (unpaired) electrons. The molecule has 1 atom stereocenters. The number of ether oxygens (including phenoxy) is 3. The molecular weight excluding hydrogens is 458 g/mol. The first-order valence-corrected chi connectivity index (χ1v) is 12.6. The molecule has 8 heteroatoms. The van der Waals surface area contributed by atoms with E-state index in [1.807, 2.05) is 60.7 Å². The number of fused-ring (bicyclic) bond motifs is 3. The highest BCUT2D eigenvalue weighted by molar-refractivity contribution is 7.91. The van der Waals surface area contributed by atoms with Crippen LogP contribution in [0.15, 0.2) is 76.3 Å². The highest BCUT2D eigenvalue weighted by atomic mass is 32.2. The van der Waals surface area contributed by atoms with Gasteiger partial charge in [0.15, 0.2) is 0 Å². The van der Waals surface area contributed by atoms with Crippen molar-refractivity contribution in [3.8, 4) is 39.5 Å².